The van der Waals surface area contributed by atoms with Gasteiger partial charge in [-0.05, 0) is 31.3 Å². The lowest BCUT2D eigenvalue weighted by Gasteiger charge is -2.35. The summed E-state index contributed by atoms with van der Waals surface area (Å²) in [5.74, 6) is 2.18. The predicted octanol–water partition coefficient (Wildman–Crippen LogP) is 1.24. The molecule has 32 heavy (non-hydrogen) atoms. The van der Waals surface area contributed by atoms with Crippen LogP contribution < -0.4 is 9.80 Å². The van der Waals surface area contributed by atoms with E-state index in [4.69, 9.17) is 4.52 Å². The number of nitrogens with zero attached hydrogens (tertiary/aromatic N) is 8. The van der Waals surface area contributed by atoms with Crippen LogP contribution in [0.4, 0.5) is 11.6 Å². The SMILES string of the molecule is CN1CCN(c2ccc(N3CCN(C(=O)c4cc(-c5cccnc5)on4)CC3)nn2)CC1. The second kappa shape index (κ2) is 8.91. The number of aromatic nitrogens is 4. The van der Waals surface area contributed by atoms with Gasteiger partial charge in [-0.1, -0.05) is 5.16 Å². The van der Waals surface area contributed by atoms with Gasteiger partial charge in [0.2, 0.25) is 0 Å². The molecule has 10 nitrogen and oxygen atoms in total. The lowest BCUT2D eigenvalue weighted by atomic mass is 10.2. The molecule has 2 saturated heterocycles. The van der Waals surface area contributed by atoms with Gasteiger partial charge in [-0.25, -0.2) is 0 Å². The van der Waals surface area contributed by atoms with Crippen molar-refractivity contribution in [3.63, 3.8) is 0 Å². The monoisotopic (exact) mass is 434 g/mol. The normalized spacial score (nSPS) is 17.6. The van der Waals surface area contributed by atoms with E-state index in [2.05, 4.69) is 42.1 Å². The zero-order chi connectivity index (χ0) is 21.9. The first-order chi connectivity index (χ1) is 15.7. The van der Waals surface area contributed by atoms with Crippen LogP contribution >= 0.6 is 0 Å². The van der Waals surface area contributed by atoms with Crippen LogP contribution in [-0.4, -0.2) is 95.5 Å². The van der Waals surface area contributed by atoms with Gasteiger partial charge in [0.15, 0.2) is 23.1 Å². The van der Waals surface area contributed by atoms with E-state index in [1.165, 1.54) is 0 Å². The minimum atomic E-state index is -0.125. The van der Waals surface area contributed by atoms with Crippen molar-refractivity contribution in [1.29, 1.82) is 0 Å². The second-order valence-corrected chi connectivity index (χ2v) is 8.14. The van der Waals surface area contributed by atoms with Gasteiger partial charge >= 0.3 is 0 Å². The van der Waals surface area contributed by atoms with Gasteiger partial charge in [0.25, 0.3) is 5.91 Å². The molecule has 0 unspecified atom stereocenters. The van der Waals surface area contributed by atoms with Gasteiger partial charge in [-0.15, -0.1) is 10.2 Å². The molecule has 2 fully saturated rings. The van der Waals surface area contributed by atoms with Crippen molar-refractivity contribution in [1.82, 2.24) is 30.1 Å². The highest BCUT2D eigenvalue weighted by atomic mass is 16.5. The molecule has 0 radical (unpaired) electrons. The molecule has 0 saturated carbocycles. The smallest absolute Gasteiger partial charge is 0.276 e. The summed E-state index contributed by atoms with van der Waals surface area (Å²) in [6.07, 6.45) is 3.37. The number of amides is 1. The zero-order valence-electron chi connectivity index (χ0n) is 18.1. The van der Waals surface area contributed by atoms with E-state index in [0.717, 1.165) is 43.4 Å². The van der Waals surface area contributed by atoms with Crippen molar-refractivity contribution < 1.29 is 9.32 Å². The van der Waals surface area contributed by atoms with E-state index in [0.29, 0.717) is 37.6 Å². The number of likely N-dealkylation sites (N-methyl/N-ethyl adjacent to an activating group) is 1. The third-order valence-corrected chi connectivity index (χ3v) is 6.03. The topological polar surface area (TPSA) is 94.7 Å². The lowest BCUT2D eigenvalue weighted by Crippen LogP contribution is -2.49. The van der Waals surface area contributed by atoms with Gasteiger partial charge in [-0.3, -0.25) is 9.78 Å². The first-order valence-corrected chi connectivity index (χ1v) is 10.9. The average Bonchev–Trinajstić information content (AvgIpc) is 3.35. The summed E-state index contributed by atoms with van der Waals surface area (Å²) in [6.45, 7) is 6.59. The summed E-state index contributed by atoms with van der Waals surface area (Å²) in [5, 5.41) is 12.9. The minimum absolute atomic E-state index is 0.125. The molecule has 2 aliphatic rings. The van der Waals surface area contributed by atoms with Crippen molar-refractivity contribution in [2.24, 2.45) is 0 Å². The summed E-state index contributed by atoms with van der Waals surface area (Å²) in [6, 6.07) is 9.43. The van der Waals surface area contributed by atoms with Crippen LogP contribution in [0.2, 0.25) is 0 Å². The third-order valence-electron chi connectivity index (χ3n) is 6.03. The van der Waals surface area contributed by atoms with Gasteiger partial charge in [-0.2, -0.15) is 0 Å². The first-order valence-electron chi connectivity index (χ1n) is 10.9. The van der Waals surface area contributed by atoms with Gasteiger partial charge in [0, 0.05) is 76.4 Å². The van der Waals surface area contributed by atoms with E-state index in [-0.39, 0.29) is 5.91 Å². The number of piperazine rings is 2. The quantitative estimate of drug-likeness (QED) is 0.601. The zero-order valence-corrected chi connectivity index (χ0v) is 18.1. The maximum Gasteiger partial charge on any atom is 0.276 e. The van der Waals surface area contributed by atoms with E-state index in [1.54, 1.807) is 23.4 Å². The summed E-state index contributed by atoms with van der Waals surface area (Å²) < 4.78 is 5.35. The summed E-state index contributed by atoms with van der Waals surface area (Å²) in [4.78, 5) is 25.5. The van der Waals surface area contributed by atoms with Crippen molar-refractivity contribution in [3.05, 3.63) is 48.4 Å². The number of hydrogen-bond donors (Lipinski definition) is 0. The van der Waals surface area contributed by atoms with Crippen molar-refractivity contribution in [3.8, 4) is 11.3 Å². The van der Waals surface area contributed by atoms with E-state index >= 15 is 0 Å². The molecule has 0 aromatic carbocycles. The highest BCUT2D eigenvalue weighted by Crippen LogP contribution is 2.21. The number of carbonyl (C=O) groups excluding carboxylic acids is 1. The lowest BCUT2D eigenvalue weighted by molar-refractivity contribution is 0.0736. The molecule has 0 atom stereocenters. The van der Waals surface area contributed by atoms with Crippen LogP contribution in [0.3, 0.4) is 0 Å². The molecule has 166 valence electrons. The Hall–Kier alpha value is -3.53. The molecule has 3 aromatic rings. The molecule has 0 spiro atoms. The predicted molar refractivity (Wildman–Crippen MR) is 120 cm³/mol. The second-order valence-electron chi connectivity index (χ2n) is 8.14. The standard InChI is InChI=1S/C22H26N8O2/c1-27-7-9-28(10-8-27)20-4-5-21(25-24-20)29-11-13-30(14-12-29)22(31)18-15-19(32-26-18)17-3-2-6-23-16-17/h2-6,15-16H,7-14H2,1H3. The number of pyridine rings is 1. The average molecular weight is 435 g/mol. The molecule has 5 heterocycles. The van der Waals surface area contributed by atoms with Gasteiger partial charge in [0.05, 0.1) is 0 Å². The Bertz CT molecular complexity index is 1040. The largest absolute Gasteiger partial charge is 0.355 e. The number of anilines is 2. The third kappa shape index (κ3) is 4.26. The minimum Gasteiger partial charge on any atom is -0.355 e. The Labute approximate surface area is 186 Å². The fourth-order valence-electron chi connectivity index (χ4n) is 4.01. The van der Waals surface area contributed by atoms with Crippen LogP contribution in [0.1, 0.15) is 10.5 Å². The molecule has 0 bridgehead atoms. The van der Waals surface area contributed by atoms with Crippen LogP contribution in [0, 0.1) is 0 Å². The van der Waals surface area contributed by atoms with Crippen LogP contribution in [0.25, 0.3) is 11.3 Å². The van der Waals surface area contributed by atoms with Crippen molar-refractivity contribution in [2.45, 2.75) is 0 Å². The highest BCUT2D eigenvalue weighted by Gasteiger charge is 2.26. The fraction of sp³-hybridized carbons (Fsp3) is 0.409. The van der Waals surface area contributed by atoms with E-state index in [1.807, 2.05) is 24.3 Å². The maximum atomic E-state index is 12.9. The molecule has 3 aromatic heterocycles. The van der Waals surface area contributed by atoms with Crippen LogP contribution in [0.15, 0.2) is 47.2 Å². The molecule has 0 aliphatic carbocycles. The van der Waals surface area contributed by atoms with Crippen LogP contribution in [0.5, 0.6) is 0 Å². The van der Waals surface area contributed by atoms with Crippen LogP contribution in [-0.2, 0) is 0 Å². The Balaban J connectivity index is 1.17. The Morgan fingerprint density at radius 2 is 1.56 bits per heavy atom. The number of carbonyl (C=O) groups is 1. The first kappa shape index (κ1) is 20.4. The molecule has 2 aliphatic heterocycles. The maximum absolute atomic E-state index is 12.9. The van der Waals surface area contributed by atoms with E-state index in [9.17, 15) is 4.79 Å². The molecule has 5 rings (SSSR count). The molecule has 0 N–H and O–H groups in total. The summed E-state index contributed by atoms with van der Waals surface area (Å²) >= 11 is 0. The Morgan fingerprint density at radius 1 is 0.906 bits per heavy atom. The Kier molecular flexibility index (Phi) is 5.68. The van der Waals surface area contributed by atoms with Crippen molar-refractivity contribution >= 4 is 17.5 Å². The fourth-order valence-corrected chi connectivity index (χ4v) is 4.01. The molecular weight excluding hydrogens is 408 g/mol. The summed E-state index contributed by atoms with van der Waals surface area (Å²) in [5.41, 5.74) is 1.11. The Morgan fingerprint density at radius 3 is 2.16 bits per heavy atom. The molecule has 1 amide bonds. The number of rotatable bonds is 4. The van der Waals surface area contributed by atoms with E-state index < -0.39 is 0 Å². The van der Waals surface area contributed by atoms with Gasteiger partial charge < -0.3 is 24.1 Å². The molecule has 10 heteroatoms. The van der Waals surface area contributed by atoms with Crippen molar-refractivity contribution in [2.75, 3.05) is 69.2 Å². The highest BCUT2D eigenvalue weighted by molar-refractivity contribution is 5.93. The molecular formula is C22H26N8O2. The van der Waals surface area contributed by atoms with Gasteiger partial charge in [0.1, 0.15) is 0 Å². The summed E-state index contributed by atoms with van der Waals surface area (Å²) in [7, 11) is 2.14. The number of hydrogen-bond acceptors (Lipinski definition) is 9.